The molecule has 142 valence electrons. The lowest BCUT2D eigenvalue weighted by Crippen LogP contribution is -2.47. The summed E-state index contributed by atoms with van der Waals surface area (Å²) in [6.45, 7) is 5.19. The fourth-order valence-electron chi connectivity index (χ4n) is 2.98. The van der Waals surface area contributed by atoms with E-state index in [0.29, 0.717) is 12.0 Å². The molecule has 0 bridgehead atoms. The molecule has 1 saturated carbocycles. The van der Waals surface area contributed by atoms with Gasteiger partial charge in [-0.2, -0.15) is 0 Å². The molecule has 0 aromatic heterocycles. The van der Waals surface area contributed by atoms with Crippen LogP contribution in [0.25, 0.3) is 0 Å². The number of halogens is 1. The number of ether oxygens (including phenoxy) is 2. The zero-order valence-electron chi connectivity index (χ0n) is 15.6. The Morgan fingerprint density at radius 3 is 2.44 bits per heavy atom. The molecule has 25 heavy (non-hydrogen) atoms. The standard InChI is InChI=1S/C19H31N3O2.HI/c1-16-5-7-17(8-6-16)24-14-12-21-18(20-2)22-15-19(9-4-10-19)11-13-23-3;/h5-8H,4,9-15H2,1-3H3,(H2,20,21,22);1H. The Balaban J connectivity index is 0.00000312. The summed E-state index contributed by atoms with van der Waals surface area (Å²) in [5.74, 6) is 1.74. The Morgan fingerprint density at radius 1 is 1.16 bits per heavy atom. The lowest BCUT2D eigenvalue weighted by molar-refractivity contribution is 0.0732. The number of aryl methyl sites for hydroxylation is 1. The quantitative estimate of drug-likeness (QED) is 0.256. The minimum Gasteiger partial charge on any atom is -0.492 e. The Hall–Kier alpha value is -1.02. The summed E-state index contributed by atoms with van der Waals surface area (Å²) in [7, 11) is 3.58. The van der Waals surface area contributed by atoms with Crippen LogP contribution in [0.3, 0.4) is 0 Å². The van der Waals surface area contributed by atoms with Crippen molar-refractivity contribution in [1.29, 1.82) is 0 Å². The van der Waals surface area contributed by atoms with Crippen molar-refractivity contribution < 1.29 is 9.47 Å². The maximum atomic E-state index is 5.72. The van der Waals surface area contributed by atoms with Crippen LogP contribution in [0.4, 0.5) is 0 Å². The first-order valence-electron chi connectivity index (χ1n) is 8.80. The number of guanidine groups is 1. The van der Waals surface area contributed by atoms with Crippen LogP contribution in [0.15, 0.2) is 29.3 Å². The van der Waals surface area contributed by atoms with E-state index < -0.39 is 0 Å². The summed E-state index contributed by atoms with van der Waals surface area (Å²) in [6, 6.07) is 8.11. The first kappa shape index (κ1) is 22.0. The molecule has 1 fully saturated rings. The second-order valence-electron chi connectivity index (χ2n) is 6.61. The average molecular weight is 461 g/mol. The number of rotatable bonds is 9. The zero-order valence-corrected chi connectivity index (χ0v) is 18.0. The van der Waals surface area contributed by atoms with Crippen LogP contribution >= 0.6 is 24.0 Å². The van der Waals surface area contributed by atoms with Crippen molar-refractivity contribution in [3.05, 3.63) is 29.8 Å². The number of benzene rings is 1. The molecule has 1 aromatic rings. The van der Waals surface area contributed by atoms with Crippen molar-refractivity contribution in [3.8, 4) is 5.75 Å². The molecule has 1 aliphatic rings. The first-order valence-corrected chi connectivity index (χ1v) is 8.80. The largest absolute Gasteiger partial charge is 0.492 e. The molecule has 0 heterocycles. The lowest BCUT2D eigenvalue weighted by Gasteiger charge is -2.42. The zero-order chi connectivity index (χ0) is 17.3. The molecule has 0 aliphatic heterocycles. The second-order valence-corrected chi connectivity index (χ2v) is 6.61. The van der Waals surface area contributed by atoms with E-state index in [0.717, 1.165) is 37.8 Å². The molecule has 0 atom stereocenters. The first-order chi connectivity index (χ1) is 11.7. The van der Waals surface area contributed by atoms with Crippen LogP contribution < -0.4 is 15.4 Å². The number of aliphatic imine (C=N–C) groups is 1. The van der Waals surface area contributed by atoms with E-state index in [1.165, 1.54) is 24.8 Å². The van der Waals surface area contributed by atoms with Crippen LogP contribution in [-0.4, -0.2) is 46.4 Å². The Kier molecular flexibility index (Phi) is 10.2. The average Bonchev–Trinajstić information content (AvgIpc) is 2.57. The molecule has 6 heteroatoms. The van der Waals surface area contributed by atoms with Gasteiger partial charge in [-0.25, -0.2) is 0 Å². The Morgan fingerprint density at radius 2 is 1.88 bits per heavy atom. The SMILES string of the molecule is CN=C(NCCOc1ccc(C)cc1)NCC1(CCOC)CCC1.I. The molecule has 1 aromatic carbocycles. The minimum atomic E-state index is 0. The molecule has 0 spiro atoms. The van der Waals surface area contributed by atoms with Crippen LogP contribution in [0.1, 0.15) is 31.2 Å². The van der Waals surface area contributed by atoms with Gasteiger partial charge in [0.05, 0.1) is 6.54 Å². The number of hydrogen-bond donors (Lipinski definition) is 2. The maximum absolute atomic E-state index is 5.72. The van der Waals surface area contributed by atoms with Crippen LogP contribution in [-0.2, 0) is 4.74 Å². The Labute approximate surface area is 169 Å². The van der Waals surface area contributed by atoms with E-state index in [1.54, 1.807) is 14.2 Å². The van der Waals surface area contributed by atoms with Gasteiger partial charge in [0.2, 0.25) is 0 Å². The van der Waals surface area contributed by atoms with E-state index in [1.807, 2.05) is 12.1 Å². The van der Waals surface area contributed by atoms with Crippen LogP contribution in [0.5, 0.6) is 5.75 Å². The molecule has 0 radical (unpaired) electrons. The smallest absolute Gasteiger partial charge is 0.191 e. The van der Waals surface area contributed by atoms with Crippen molar-refractivity contribution in [1.82, 2.24) is 10.6 Å². The third-order valence-electron chi connectivity index (χ3n) is 4.79. The highest BCUT2D eigenvalue weighted by Gasteiger charge is 2.36. The fraction of sp³-hybridized carbons (Fsp3) is 0.632. The summed E-state index contributed by atoms with van der Waals surface area (Å²) in [5, 5.41) is 6.77. The molecule has 0 unspecified atom stereocenters. The lowest BCUT2D eigenvalue weighted by atomic mass is 9.67. The van der Waals surface area contributed by atoms with Gasteiger partial charge < -0.3 is 20.1 Å². The van der Waals surface area contributed by atoms with Gasteiger partial charge in [-0.15, -0.1) is 24.0 Å². The molecule has 1 aliphatic carbocycles. The molecule has 2 N–H and O–H groups in total. The van der Waals surface area contributed by atoms with Gasteiger partial charge in [0.15, 0.2) is 5.96 Å². The summed E-state index contributed by atoms with van der Waals surface area (Å²) < 4.78 is 11.0. The monoisotopic (exact) mass is 461 g/mol. The molecular formula is C19H32IN3O2. The number of hydrogen-bond acceptors (Lipinski definition) is 3. The van der Waals surface area contributed by atoms with Gasteiger partial charge in [-0.1, -0.05) is 24.1 Å². The predicted molar refractivity (Wildman–Crippen MR) is 114 cm³/mol. The third kappa shape index (κ3) is 7.40. The second kappa shape index (κ2) is 11.6. The molecular weight excluding hydrogens is 429 g/mol. The maximum Gasteiger partial charge on any atom is 0.191 e. The van der Waals surface area contributed by atoms with Gasteiger partial charge in [0.25, 0.3) is 0 Å². The van der Waals surface area contributed by atoms with Crippen LogP contribution in [0.2, 0.25) is 0 Å². The van der Waals surface area contributed by atoms with Crippen molar-refractivity contribution in [2.75, 3.05) is 40.5 Å². The van der Waals surface area contributed by atoms with Gasteiger partial charge >= 0.3 is 0 Å². The Bertz CT molecular complexity index is 516. The summed E-state index contributed by atoms with van der Waals surface area (Å²) in [5.41, 5.74) is 1.62. The fourth-order valence-corrected chi connectivity index (χ4v) is 2.98. The summed E-state index contributed by atoms with van der Waals surface area (Å²) >= 11 is 0. The molecule has 2 rings (SSSR count). The van der Waals surface area contributed by atoms with E-state index >= 15 is 0 Å². The van der Waals surface area contributed by atoms with Gasteiger partial charge in [0.1, 0.15) is 12.4 Å². The van der Waals surface area contributed by atoms with Crippen molar-refractivity contribution in [2.45, 2.75) is 32.6 Å². The highest BCUT2D eigenvalue weighted by Crippen LogP contribution is 2.43. The number of methoxy groups -OCH3 is 1. The van der Waals surface area contributed by atoms with E-state index in [4.69, 9.17) is 9.47 Å². The minimum absolute atomic E-state index is 0. The topological polar surface area (TPSA) is 54.9 Å². The van der Waals surface area contributed by atoms with E-state index in [2.05, 4.69) is 34.7 Å². The number of nitrogens with zero attached hydrogens (tertiary/aromatic N) is 1. The number of nitrogens with one attached hydrogen (secondary N) is 2. The predicted octanol–water partition coefficient (Wildman–Crippen LogP) is 3.36. The van der Waals surface area contributed by atoms with Crippen molar-refractivity contribution in [3.63, 3.8) is 0 Å². The van der Waals surface area contributed by atoms with E-state index in [-0.39, 0.29) is 24.0 Å². The normalized spacial score (nSPS) is 15.7. The summed E-state index contributed by atoms with van der Waals surface area (Å²) in [4.78, 5) is 4.29. The van der Waals surface area contributed by atoms with Crippen molar-refractivity contribution >= 4 is 29.9 Å². The molecule has 0 amide bonds. The molecule has 5 nitrogen and oxygen atoms in total. The van der Waals surface area contributed by atoms with E-state index in [9.17, 15) is 0 Å². The highest BCUT2D eigenvalue weighted by atomic mass is 127. The van der Waals surface area contributed by atoms with Gasteiger partial charge in [0, 0.05) is 27.3 Å². The third-order valence-corrected chi connectivity index (χ3v) is 4.79. The van der Waals surface area contributed by atoms with Crippen molar-refractivity contribution in [2.24, 2.45) is 10.4 Å². The highest BCUT2D eigenvalue weighted by molar-refractivity contribution is 14.0. The van der Waals surface area contributed by atoms with Gasteiger partial charge in [-0.05, 0) is 43.7 Å². The molecule has 0 saturated heterocycles. The van der Waals surface area contributed by atoms with Crippen LogP contribution in [0, 0.1) is 12.3 Å². The van der Waals surface area contributed by atoms with Gasteiger partial charge in [-0.3, -0.25) is 4.99 Å². The summed E-state index contributed by atoms with van der Waals surface area (Å²) in [6.07, 6.45) is 4.99.